The molecule has 0 spiro atoms. The fourth-order valence-corrected chi connectivity index (χ4v) is 4.27. The van der Waals surface area contributed by atoms with Gasteiger partial charge in [-0.25, -0.2) is 0 Å². The minimum atomic E-state index is -0.673. The molecule has 2 atom stereocenters. The normalized spacial score (nSPS) is 18.5. The number of rotatable bonds is 7. The van der Waals surface area contributed by atoms with Gasteiger partial charge in [-0.3, -0.25) is 4.79 Å². The number of hydrogen-bond acceptors (Lipinski definition) is 5. The Labute approximate surface area is 186 Å². The van der Waals surface area contributed by atoms with Crippen LogP contribution in [-0.4, -0.2) is 27.3 Å². The smallest absolute Gasteiger partial charge is 0.306 e. The third-order valence-corrected chi connectivity index (χ3v) is 5.89. The number of ether oxygens (including phenoxy) is 1. The highest BCUT2D eigenvalue weighted by Gasteiger charge is 2.29. The second-order valence-electron chi connectivity index (χ2n) is 8.35. The van der Waals surface area contributed by atoms with Crippen molar-refractivity contribution in [1.82, 2.24) is 10.1 Å². The Balaban J connectivity index is 1.43. The third kappa shape index (κ3) is 5.07. The summed E-state index contributed by atoms with van der Waals surface area (Å²) in [4.78, 5) is 15.6. The quantitative estimate of drug-likeness (QED) is 0.493. The van der Waals surface area contributed by atoms with Crippen LogP contribution in [0.4, 0.5) is 0 Å². The molecular weight excluding hydrogens is 416 g/mol. The molecule has 1 aliphatic carbocycles. The van der Waals surface area contributed by atoms with Crippen LogP contribution in [0.5, 0.6) is 5.75 Å². The van der Waals surface area contributed by atoms with E-state index >= 15 is 0 Å². The molecule has 0 amide bonds. The number of benzene rings is 2. The fourth-order valence-electron chi connectivity index (χ4n) is 4.05. The van der Waals surface area contributed by atoms with Crippen LogP contribution in [0.3, 0.4) is 0 Å². The average Bonchev–Trinajstić information content (AvgIpc) is 3.40. The van der Waals surface area contributed by atoms with Gasteiger partial charge in [0.2, 0.25) is 5.82 Å². The molecule has 7 heteroatoms. The van der Waals surface area contributed by atoms with Gasteiger partial charge in [-0.1, -0.05) is 28.9 Å². The number of aromatic nitrogens is 2. The Bertz CT molecular complexity index is 1060. The highest BCUT2D eigenvalue weighted by molar-refractivity contribution is 6.32. The van der Waals surface area contributed by atoms with Crippen LogP contribution in [0.15, 0.2) is 47.0 Å². The second-order valence-corrected chi connectivity index (χ2v) is 8.76. The molecule has 1 fully saturated rings. The van der Waals surface area contributed by atoms with Crippen LogP contribution in [0, 0.1) is 11.8 Å². The molecule has 1 aliphatic rings. The molecule has 3 aromatic rings. The van der Waals surface area contributed by atoms with Gasteiger partial charge in [0.15, 0.2) is 0 Å². The molecule has 0 radical (unpaired) electrons. The molecule has 1 N–H and O–H groups in total. The van der Waals surface area contributed by atoms with Crippen molar-refractivity contribution in [2.75, 3.05) is 0 Å². The number of aliphatic carboxylic acids is 1. The zero-order valence-corrected chi connectivity index (χ0v) is 18.3. The summed E-state index contributed by atoms with van der Waals surface area (Å²) >= 11 is 6.32. The maximum absolute atomic E-state index is 11.1. The summed E-state index contributed by atoms with van der Waals surface area (Å²) in [7, 11) is 0. The van der Waals surface area contributed by atoms with Crippen LogP contribution in [0.25, 0.3) is 22.8 Å². The number of carbonyl (C=O) groups is 1. The number of hydrogen-bond donors (Lipinski definition) is 1. The predicted molar refractivity (Wildman–Crippen MR) is 118 cm³/mol. The minimum Gasteiger partial charge on any atom is -0.489 e. The Kier molecular flexibility index (Phi) is 6.28. The number of carboxylic acid groups (broad SMARTS) is 1. The summed E-state index contributed by atoms with van der Waals surface area (Å²) in [6.07, 6.45) is 3.43. The van der Waals surface area contributed by atoms with Gasteiger partial charge in [0.05, 0.1) is 17.0 Å². The van der Waals surface area contributed by atoms with Crippen LogP contribution >= 0.6 is 11.6 Å². The summed E-state index contributed by atoms with van der Waals surface area (Å²) in [5, 5.41) is 13.8. The largest absolute Gasteiger partial charge is 0.489 e. The maximum atomic E-state index is 11.1. The van der Waals surface area contributed by atoms with E-state index in [1.54, 1.807) is 12.1 Å². The lowest BCUT2D eigenvalue weighted by atomic mass is 9.96. The Morgan fingerprint density at radius 2 is 1.94 bits per heavy atom. The summed E-state index contributed by atoms with van der Waals surface area (Å²) in [5.41, 5.74) is 2.78. The lowest BCUT2D eigenvalue weighted by Gasteiger charge is -2.11. The minimum absolute atomic E-state index is 0.0374. The molecule has 1 aromatic heterocycles. The Morgan fingerprint density at radius 1 is 1.19 bits per heavy atom. The molecule has 2 unspecified atom stereocenters. The van der Waals surface area contributed by atoms with Crippen molar-refractivity contribution < 1.29 is 19.2 Å². The van der Waals surface area contributed by atoms with Gasteiger partial charge in [-0.2, -0.15) is 4.98 Å². The third-order valence-electron chi connectivity index (χ3n) is 5.59. The number of carboxylic acids is 1. The molecule has 6 nitrogen and oxygen atoms in total. The van der Waals surface area contributed by atoms with Crippen molar-refractivity contribution in [2.24, 2.45) is 11.8 Å². The van der Waals surface area contributed by atoms with Gasteiger partial charge in [0, 0.05) is 11.1 Å². The second kappa shape index (κ2) is 9.10. The lowest BCUT2D eigenvalue weighted by molar-refractivity contribution is -0.141. The Morgan fingerprint density at radius 3 is 2.58 bits per heavy atom. The average molecular weight is 441 g/mol. The lowest BCUT2D eigenvalue weighted by Crippen LogP contribution is -2.10. The van der Waals surface area contributed by atoms with Gasteiger partial charge in [-0.05, 0) is 81.3 Å². The van der Waals surface area contributed by atoms with E-state index in [0.717, 1.165) is 36.8 Å². The molecule has 4 rings (SSSR count). The van der Waals surface area contributed by atoms with E-state index in [0.29, 0.717) is 28.4 Å². The van der Waals surface area contributed by atoms with Crippen LogP contribution < -0.4 is 4.74 Å². The van der Waals surface area contributed by atoms with Gasteiger partial charge >= 0.3 is 5.97 Å². The van der Waals surface area contributed by atoms with E-state index in [4.69, 9.17) is 20.9 Å². The first-order chi connectivity index (χ1) is 14.9. The van der Waals surface area contributed by atoms with Gasteiger partial charge in [0.1, 0.15) is 5.75 Å². The first-order valence-corrected chi connectivity index (χ1v) is 10.9. The molecule has 0 saturated heterocycles. The maximum Gasteiger partial charge on any atom is 0.306 e. The molecule has 162 valence electrons. The summed E-state index contributed by atoms with van der Waals surface area (Å²) < 4.78 is 11.1. The van der Waals surface area contributed by atoms with Crippen molar-refractivity contribution in [2.45, 2.75) is 45.6 Å². The van der Waals surface area contributed by atoms with Crippen LogP contribution in [-0.2, 0) is 11.2 Å². The molecule has 0 aliphatic heterocycles. The summed E-state index contributed by atoms with van der Waals surface area (Å²) in [6, 6.07) is 13.4. The summed E-state index contributed by atoms with van der Waals surface area (Å²) in [5.74, 6) is 1.08. The summed E-state index contributed by atoms with van der Waals surface area (Å²) in [6.45, 7) is 3.89. The zero-order valence-electron chi connectivity index (χ0n) is 17.5. The van der Waals surface area contributed by atoms with Crippen molar-refractivity contribution >= 4 is 17.6 Å². The van der Waals surface area contributed by atoms with E-state index in [1.165, 1.54) is 5.56 Å². The van der Waals surface area contributed by atoms with Gasteiger partial charge in [-0.15, -0.1) is 0 Å². The topological polar surface area (TPSA) is 85.5 Å². The van der Waals surface area contributed by atoms with Crippen LogP contribution in [0.2, 0.25) is 5.02 Å². The van der Waals surface area contributed by atoms with Crippen molar-refractivity contribution in [3.05, 3.63) is 53.1 Å². The molecule has 0 bridgehead atoms. The number of nitrogens with zero attached hydrogens (tertiary/aromatic N) is 2. The van der Waals surface area contributed by atoms with E-state index in [2.05, 4.69) is 10.1 Å². The van der Waals surface area contributed by atoms with Crippen molar-refractivity contribution in [3.8, 4) is 28.6 Å². The zero-order chi connectivity index (χ0) is 22.0. The monoisotopic (exact) mass is 440 g/mol. The molecule has 1 heterocycles. The van der Waals surface area contributed by atoms with E-state index < -0.39 is 5.97 Å². The van der Waals surface area contributed by atoms with E-state index in [9.17, 15) is 9.90 Å². The van der Waals surface area contributed by atoms with Crippen molar-refractivity contribution in [1.29, 1.82) is 0 Å². The first kappa shape index (κ1) is 21.4. The first-order valence-electron chi connectivity index (χ1n) is 10.5. The Hall–Kier alpha value is -2.86. The standard InChI is InChI=1S/C24H25ClN2O4/c1-14(2)30-21-10-9-18(13-20(21)25)22-26-23(31-27-22)17-6-3-15(4-7-17)11-16-5-8-19(12-16)24(28)29/h3-4,6-7,9-10,13-14,16,19H,5,8,11-12H2,1-2H3,(H,28,29). The van der Waals surface area contributed by atoms with Crippen molar-refractivity contribution in [3.63, 3.8) is 0 Å². The molecular formula is C24H25ClN2O4. The number of halogens is 1. The van der Waals surface area contributed by atoms with E-state index in [-0.39, 0.29) is 12.0 Å². The highest BCUT2D eigenvalue weighted by atomic mass is 35.5. The SMILES string of the molecule is CC(C)Oc1ccc(-c2noc(-c3ccc(CC4CCC(C(=O)O)C4)cc3)n2)cc1Cl. The van der Waals surface area contributed by atoms with Crippen LogP contribution in [0.1, 0.15) is 38.7 Å². The fraction of sp³-hybridized carbons (Fsp3) is 0.375. The highest BCUT2D eigenvalue weighted by Crippen LogP contribution is 2.34. The predicted octanol–water partition coefficient (Wildman–Crippen LogP) is 5.89. The van der Waals surface area contributed by atoms with E-state index in [1.807, 2.05) is 44.2 Å². The van der Waals surface area contributed by atoms with Gasteiger partial charge < -0.3 is 14.4 Å². The van der Waals surface area contributed by atoms with Gasteiger partial charge in [0.25, 0.3) is 5.89 Å². The molecule has 2 aromatic carbocycles. The molecule has 31 heavy (non-hydrogen) atoms. The molecule has 1 saturated carbocycles.